The van der Waals surface area contributed by atoms with Crippen molar-refractivity contribution in [1.29, 1.82) is 0 Å². The molecule has 1 aliphatic carbocycles. The first-order valence-electron chi connectivity index (χ1n) is 8.73. The maximum Gasteiger partial charge on any atom is 0.341 e. The number of hydrogen-bond donors (Lipinski definition) is 1. The first-order valence-corrected chi connectivity index (χ1v) is 9.54. The second-order valence-electron chi connectivity index (χ2n) is 6.55. The van der Waals surface area contributed by atoms with Crippen LogP contribution in [0.25, 0.3) is 6.08 Å². The van der Waals surface area contributed by atoms with E-state index in [-0.39, 0.29) is 11.1 Å². The summed E-state index contributed by atoms with van der Waals surface area (Å²) in [5, 5.41) is 8.40. The van der Waals surface area contributed by atoms with Crippen LogP contribution in [-0.4, -0.2) is 40.3 Å². The smallest absolute Gasteiger partial charge is 0.341 e. The summed E-state index contributed by atoms with van der Waals surface area (Å²) in [5.74, 6) is -0.408. The van der Waals surface area contributed by atoms with Gasteiger partial charge in [0.1, 0.15) is 5.75 Å². The fraction of sp³-hybridized carbons (Fsp3) is 0.421. The van der Waals surface area contributed by atoms with Gasteiger partial charge in [-0.2, -0.15) is 0 Å². The standard InChI is InChI=1S/C19H21NO5S/c21-17(22)12-25-15-8-6-13(7-9-15)10-16-18(23)20(19(24)26-16)11-14-4-2-1-3-5-14/h6-10,14H,1-5,11-12H2,(H,21,22)/b16-10+. The molecule has 1 heterocycles. The number of amides is 2. The van der Waals surface area contributed by atoms with Gasteiger partial charge in [-0.05, 0) is 54.3 Å². The van der Waals surface area contributed by atoms with Crippen LogP contribution in [0.4, 0.5) is 4.79 Å². The Kier molecular flexibility index (Phi) is 5.98. The SMILES string of the molecule is O=C(O)COc1ccc(/C=C2/SC(=O)N(CC3CCCCC3)C2=O)cc1. The lowest BCUT2D eigenvalue weighted by atomic mass is 9.89. The molecule has 1 aromatic carbocycles. The molecule has 0 atom stereocenters. The van der Waals surface area contributed by atoms with Crippen molar-refractivity contribution in [2.24, 2.45) is 5.92 Å². The van der Waals surface area contributed by atoms with Gasteiger partial charge in [0.2, 0.25) is 0 Å². The second kappa shape index (κ2) is 8.40. The molecule has 0 radical (unpaired) electrons. The number of carbonyl (C=O) groups is 3. The molecule has 26 heavy (non-hydrogen) atoms. The second-order valence-corrected chi connectivity index (χ2v) is 7.54. The Hall–Kier alpha value is -2.28. The normalized spacial score (nSPS) is 20.0. The van der Waals surface area contributed by atoms with Gasteiger partial charge in [-0.25, -0.2) is 4.79 Å². The summed E-state index contributed by atoms with van der Waals surface area (Å²) in [4.78, 5) is 37.1. The van der Waals surface area contributed by atoms with E-state index in [0.717, 1.165) is 30.2 Å². The number of imide groups is 1. The predicted molar refractivity (Wildman–Crippen MR) is 98.8 cm³/mol. The lowest BCUT2D eigenvalue weighted by Crippen LogP contribution is -2.34. The Morgan fingerprint density at radius 1 is 1.19 bits per heavy atom. The van der Waals surface area contributed by atoms with Crippen molar-refractivity contribution in [3.05, 3.63) is 34.7 Å². The molecule has 0 unspecified atom stereocenters. The van der Waals surface area contributed by atoms with E-state index in [9.17, 15) is 14.4 Å². The predicted octanol–water partition coefficient (Wildman–Crippen LogP) is 3.77. The molecule has 0 aromatic heterocycles. The van der Waals surface area contributed by atoms with E-state index in [1.807, 2.05) is 0 Å². The van der Waals surface area contributed by atoms with Gasteiger partial charge in [-0.15, -0.1) is 0 Å². The highest BCUT2D eigenvalue weighted by molar-refractivity contribution is 8.18. The molecule has 1 aromatic rings. The van der Waals surface area contributed by atoms with E-state index >= 15 is 0 Å². The maximum absolute atomic E-state index is 12.6. The van der Waals surface area contributed by atoms with Crippen molar-refractivity contribution in [3.8, 4) is 5.75 Å². The Morgan fingerprint density at radius 2 is 1.88 bits per heavy atom. The number of benzene rings is 1. The van der Waals surface area contributed by atoms with Crippen LogP contribution < -0.4 is 4.74 Å². The molecule has 0 bridgehead atoms. The van der Waals surface area contributed by atoms with Crippen molar-refractivity contribution in [2.45, 2.75) is 32.1 Å². The van der Waals surface area contributed by atoms with Crippen LogP contribution in [0, 0.1) is 5.92 Å². The zero-order chi connectivity index (χ0) is 18.5. The summed E-state index contributed by atoms with van der Waals surface area (Å²) in [7, 11) is 0. The number of hydrogen-bond acceptors (Lipinski definition) is 5. The number of carboxylic acids is 1. The fourth-order valence-electron chi connectivity index (χ4n) is 3.24. The monoisotopic (exact) mass is 375 g/mol. The summed E-state index contributed by atoms with van der Waals surface area (Å²) in [6.07, 6.45) is 7.44. The first-order chi connectivity index (χ1) is 12.5. The average molecular weight is 375 g/mol. The molecular weight excluding hydrogens is 354 g/mol. The number of aliphatic carboxylic acids is 1. The van der Waals surface area contributed by atoms with Crippen LogP contribution >= 0.6 is 11.8 Å². The van der Waals surface area contributed by atoms with Gasteiger partial charge in [0, 0.05) is 6.54 Å². The summed E-state index contributed by atoms with van der Waals surface area (Å²) >= 11 is 0.973. The van der Waals surface area contributed by atoms with Crippen LogP contribution in [0.2, 0.25) is 0 Å². The molecule has 2 fully saturated rings. The zero-order valence-corrected chi connectivity index (χ0v) is 15.2. The number of carboxylic acid groups (broad SMARTS) is 1. The minimum Gasteiger partial charge on any atom is -0.482 e. The van der Waals surface area contributed by atoms with Crippen LogP contribution in [0.5, 0.6) is 5.75 Å². The highest BCUT2D eigenvalue weighted by Gasteiger charge is 2.36. The third-order valence-corrected chi connectivity index (χ3v) is 5.49. The van der Waals surface area contributed by atoms with Crippen LogP contribution in [0.1, 0.15) is 37.7 Å². The van der Waals surface area contributed by atoms with Gasteiger partial charge in [0.15, 0.2) is 6.61 Å². The van der Waals surface area contributed by atoms with Gasteiger partial charge < -0.3 is 9.84 Å². The van der Waals surface area contributed by atoms with Crippen molar-refractivity contribution >= 4 is 35.0 Å². The van der Waals surface area contributed by atoms with Crippen molar-refractivity contribution in [3.63, 3.8) is 0 Å². The molecule has 1 saturated heterocycles. The number of thioether (sulfide) groups is 1. The molecular formula is C19H21NO5S. The molecule has 3 rings (SSSR count). The summed E-state index contributed by atoms with van der Waals surface area (Å²) in [6, 6.07) is 6.74. The third kappa shape index (κ3) is 4.66. The molecule has 1 saturated carbocycles. The molecule has 0 spiro atoms. The minimum absolute atomic E-state index is 0.201. The summed E-state index contributed by atoms with van der Waals surface area (Å²) < 4.78 is 5.08. The lowest BCUT2D eigenvalue weighted by Gasteiger charge is -2.25. The van der Waals surface area contributed by atoms with Gasteiger partial charge in [-0.1, -0.05) is 31.4 Å². The largest absolute Gasteiger partial charge is 0.482 e. The van der Waals surface area contributed by atoms with Crippen LogP contribution in [0.15, 0.2) is 29.2 Å². The zero-order valence-electron chi connectivity index (χ0n) is 14.3. The van der Waals surface area contributed by atoms with E-state index < -0.39 is 12.6 Å². The van der Waals surface area contributed by atoms with Gasteiger partial charge in [0.05, 0.1) is 4.91 Å². The lowest BCUT2D eigenvalue weighted by molar-refractivity contribution is -0.139. The number of rotatable bonds is 6. The van der Waals surface area contributed by atoms with Gasteiger partial charge in [-0.3, -0.25) is 14.5 Å². The number of nitrogens with zero attached hydrogens (tertiary/aromatic N) is 1. The fourth-order valence-corrected chi connectivity index (χ4v) is 4.09. The summed E-state index contributed by atoms with van der Waals surface area (Å²) in [6.45, 7) is 0.114. The van der Waals surface area contributed by atoms with E-state index in [2.05, 4.69) is 0 Å². The highest BCUT2D eigenvalue weighted by atomic mass is 32.2. The van der Waals surface area contributed by atoms with E-state index in [1.54, 1.807) is 30.3 Å². The topological polar surface area (TPSA) is 83.9 Å². The minimum atomic E-state index is -1.04. The highest BCUT2D eigenvalue weighted by Crippen LogP contribution is 2.34. The molecule has 1 N–H and O–H groups in total. The Balaban J connectivity index is 1.64. The van der Waals surface area contributed by atoms with Crippen molar-refractivity contribution < 1.29 is 24.2 Å². The van der Waals surface area contributed by atoms with Crippen LogP contribution in [-0.2, 0) is 9.59 Å². The molecule has 6 nitrogen and oxygen atoms in total. The van der Waals surface area contributed by atoms with Crippen molar-refractivity contribution in [2.75, 3.05) is 13.2 Å². The molecule has 7 heteroatoms. The quantitative estimate of drug-likeness (QED) is 0.762. The molecule has 138 valence electrons. The van der Waals surface area contributed by atoms with E-state index in [0.29, 0.717) is 23.1 Å². The molecule has 2 aliphatic rings. The first kappa shape index (κ1) is 18.5. The van der Waals surface area contributed by atoms with Gasteiger partial charge in [0.25, 0.3) is 11.1 Å². The number of ether oxygens (including phenoxy) is 1. The number of carbonyl (C=O) groups excluding carboxylic acids is 2. The maximum atomic E-state index is 12.6. The molecule has 1 aliphatic heterocycles. The average Bonchev–Trinajstić information content (AvgIpc) is 2.89. The van der Waals surface area contributed by atoms with Crippen LogP contribution in [0.3, 0.4) is 0 Å². The molecule has 2 amide bonds. The van der Waals surface area contributed by atoms with E-state index in [1.165, 1.54) is 24.2 Å². The Morgan fingerprint density at radius 3 is 2.54 bits per heavy atom. The van der Waals surface area contributed by atoms with E-state index in [4.69, 9.17) is 9.84 Å². The van der Waals surface area contributed by atoms with Crippen molar-refractivity contribution in [1.82, 2.24) is 4.90 Å². The summed E-state index contributed by atoms with van der Waals surface area (Å²) in [5.41, 5.74) is 0.760. The van der Waals surface area contributed by atoms with Gasteiger partial charge >= 0.3 is 5.97 Å². The Bertz CT molecular complexity index is 722. The Labute approximate surface area is 156 Å². The third-order valence-electron chi connectivity index (χ3n) is 4.58.